The quantitative estimate of drug-likeness (QED) is 0.239. The minimum absolute atomic E-state index is 0.00254. The Kier molecular flexibility index (Phi) is 8.96. The number of methoxy groups -OCH3 is 1. The number of halogens is 2. The van der Waals surface area contributed by atoms with Crippen molar-refractivity contribution in [2.45, 2.75) is 45.6 Å². The number of nitrogens with zero attached hydrogens (tertiary/aromatic N) is 3. The van der Waals surface area contributed by atoms with Crippen LogP contribution in [0.5, 0.6) is 0 Å². The Balaban J connectivity index is 1.52. The highest BCUT2D eigenvalue weighted by atomic mass is 35.5. The van der Waals surface area contributed by atoms with Crippen LogP contribution in [0.1, 0.15) is 59.7 Å². The van der Waals surface area contributed by atoms with Crippen molar-refractivity contribution in [2.75, 3.05) is 12.4 Å². The summed E-state index contributed by atoms with van der Waals surface area (Å²) >= 11 is 5.94. The highest BCUT2D eigenvalue weighted by molar-refractivity contribution is 6.30. The largest absolute Gasteiger partial charge is 0.501 e. The summed E-state index contributed by atoms with van der Waals surface area (Å²) in [6, 6.07) is 12.7. The number of hydrogen-bond donors (Lipinski definition) is 3. The van der Waals surface area contributed by atoms with Gasteiger partial charge in [-0.3, -0.25) is 14.4 Å². The van der Waals surface area contributed by atoms with Crippen LogP contribution >= 0.6 is 11.6 Å². The molecule has 5 rings (SSSR count). The first-order chi connectivity index (χ1) is 21.0. The van der Waals surface area contributed by atoms with E-state index < -0.39 is 17.8 Å². The number of hydrogen-bond acceptors (Lipinski definition) is 6. The second kappa shape index (κ2) is 12.8. The van der Waals surface area contributed by atoms with Crippen molar-refractivity contribution in [3.05, 3.63) is 105 Å². The number of nitrogens with one attached hydrogen (secondary N) is 3. The predicted molar refractivity (Wildman–Crippen MR) is 165 cm³/mol. The van der Waals surface area contributed by atoms with Gasteiger partial charge in [0.25, 0.3) is 5.91 Å². The Bertz CT molecular complexity index is 1820. The number of anilines is 1. The molecular formula is C32H32ClFN6O4. The zero-order chi connectivity index (χ0) is 31.5. The van der Waals surface area contributed by atoms with Crippen molar-refractivity contribution in [1.29, 1.82) is 0 Å². The highest BCUT2D eigenvalue weighted by Crippen LogP contribution is 2.33. The number of aromatic nitrogens is 4. The molecule has 228 valence electrons. The minimum atomic E-state index is -0.683. The summed E-state index contributed by atoms with van der Waals surface area (Å²) in [6.07, 6.45) is 2.01. The van der Waals surface area contributed by atoms with E-state index in [0.29, 0.717) is 59.6 Å². The van der Waals surface area contributed by atoms with Gasteiger partial charge in [-0.05, 0) is 55.2 Å². The molecule has 12 heteroatoms. The van der Waals surface area contributed by atoms with E-state index in [1.165, 1.54) is 22.9 Å². The van der Waals surface area contributed by atoms with Crippen molar-refractivity contribution in [3.63, 3.8) is 0 Å². The summed E-state index contributed by atoms with van der Waals surface area (Å²) < 4.78 is 21.1. The maximum atomic E-state index is 14.7. The van der Waals surface area contributed by atoms with Gasteiger partial charge < -0.3 is 20.4 Å². The monoisotopic (exact) mass is 618 g/mol. The molecule has 2 bridgehead atoms. The lowest BCUT2D eigenvalue weighted by Crippen LogP contribution is -2.31. The molecule has 4 aromatic rings. The van der Waals surface area contributed by atoms with Crippen molar-refractivity contribution in [3.8, 4) is 16.8 Å². The molecule has 0 fully saturated rings. The molecule has 0 aliphatic carbocycles. The molecule has 0 saturated heterocycles. The molecule has 2 aromatic carbocycles. The van der Waals surface area contributed by atoms with Gasteiger partial charge in [0.1, 0.15) is 5.69 Å². The fourth-order valence-electron chi connectivity index (χ4n) is 5.24. The van der Waals surface area contributed by atoms with Gasteiger partial charge in [-0.15, -0.1) is 5.10 Å². The summed E-state index contributed by atoms with van der Waals surface area (Å²) in [5, 5.41) is 13.9. The highest BCUT2D eigenvalue weighted by Gasteiger charge is 2.25. The average molecular weight is 619 g/mol. The van der Waals surface area contributed by atoms with Crippen LogP contribution < -0.4 is 16.2 Å². The first kappa shape index (κ1) is 30.7. The van der Waals surface area contributed by atoms with Gasteiger partial charge in [0.15, 0.2) is 11.5 Å². The lowest BCUT2D eigenvalue weighted by molar-refractivity contribution is -0.119. The second-order valence-electron chi connectivity index (χ2n) is 10.8. The predicted octanol–water partition coefficient (Wildman–Crippen LogP) is 5.66. The maximum absolute atomic E-state index is 14.7. The minimum Gasteiger partial charge on any atom is -0.501 e. The van der Waals surface area contributed by atoms with E-state index in [-0.39, 0.29) is 33.8 Å². The van der Waals surface area contributed by atoms with Gasteiger partial charge in [-0.2, -0.15) is 0 Å². The Morgan fingerprint density at radius 1 is 1.20 bits per heavy atom. The molecule has 3 heterocycles. The molecule has 1 aliphatic heterocycles. The topological polar surface area (TPSA) is 131 Å². The van der Waals surface area contributed by atoms with Crippen LogP contribution in [0.15, 0.2) is 65.7 Å². The number of H-pyrrole nitrogens is 1. The van der Waals surface area contributed by atoms with Crippen LogP contribution in [-0.2, 0) is 16.0 Å². The van der Waals surface area contributed by atoms with Crippen LogP contribution in [0.25, 0.3) is 16.8 Å². The maximum Gasteiger partial charge on any atom is 0.274 e. The van der Waals surface area contributed by atoms with E-state index in [0.717, 1.165) is 5.56 Å². The zero-order valence-corrected chi connectivity index (χ0v) is 25.3. The lowest BCUT2D eigenvalue weighted by atomic mass is 9.94. The number of carbonyl (C=O) groups is 2. The smallest absolute Gasteiger partial charge is 0.274 e. The summed E-state index contributed by atoms with van der Waals surface area (Å²) in [5.41, 5.74) is 3.16. The molecule has 0 radical (unpaired) electrons. The Morgan fingerprint density at radius 3 is 2.77 bits per heavy atom. The number of ether oxygens (including phenoxy) is 1. The van der Waals surface area contributed by atoms with Gasteiger partial charge in [0.2, 0.25) is 11.5 Å². The number of pyridine rings is 1. The summed E-state index contributed by atoms with van der Waals surface area (Å²) in [5.74, 6) is -1.13. The average Bonchev–Trinajstić information content (AvgIpc) is 3.38. The van der Waals surface area contributed by atoms with Gasteiger partial charge in [0, 0.05) is 35.3 Å². The molecule has 3 N–H and O–H groups in total. The molecule has 10 nitrogen and oxygen atoms in total. The number of rotatable bonds is 6. The van der Waals surface area contributed by atoms with Crippen LogP contribution in [0, 0.1) is 18.7 Å². The van der Waals surface area contributed by atoms with Gasteiger partial charge in [-0.25, -0.2) is 9.07 Å². The second-order valence-corrected chi connectivity index (χ2v) is 11.3. The number of fused-ring (bicyclic) bond motifs is 4. The molecule has 2 aromatic heterocycles. The normalized spacial score (nSPS) is 16.6. The fourth-order valence-corrected chi connectivity index (χ4v) is 5.40. The van der Waals surface area contributed by atoms with Crippen molar-refractivity contribution >= 4 is 29.1 Å². The molecule has 0 saturated carbocycles. The van der Waals surface area contributed by atoms with Gasteiger partial charge in [-0.1, -0.05) is 54.9 Å². The van der Waals surface area contributed by atoms with Crippen molar-refractivity contribution < 1.29 is 18.7 Å². The van der Waals surface area contributed by atoms with E-state index in [1.54, 1.807) is 26.2 Å². The number of amides is 2. The van der Waals surface area contributed by atoms with Gasteiger partial charge in [0.05, 0.1) is 29.6 Å². The number of allylic oxidation sites excluding steroid dienone is 1. The van der Waals surface area contributed by atoms with E-state index in [2.05, 4.69) is 32.5 Å². The van der Waals surface area contributed by atoms with E-state index in [1.807, 2.05) is 25.1 Å². The molecular weight excluding hydrogens is 587 g/mol. The SMILES string of the molecule is C=C(Cc1ccc2c(c1)NC(=O)[C@@H](C)CCC[C@H](NC(=O)c1nnn(-c3cccc(Cl)c3F)c1C)c1cc-2cc(=O)[nH]1)OC. The van der Waals surface area contributed by atoms with Crippen molar-refractivity contribution in [1.82, 2.24) is 25.3 Å². The van der Waals surface area contributed by atoms with E-state index >= 15 is 0 Å². The standard InChI is InChI=1S/C32H32ClFN6O4/c1-17-7-5-9-24(36-32(43)30-19(3)40(39-38-30)27-10-6-8-23(33)29(27)34)26-15-21(16-28(41)35-26)22-12-11-20(13-18(2)44-4)14-25(22)37-31(17)42/h6,8,10-12,14-17,24H,2,5,7,9,13H2,1,3-4H3,(H,35,41)(H,36,43)(H,37,42)/t17-,24-/m0/s1. The first-order valence-corrected chi connectivity index (χ1v) is 14.5. The summed E-state index contributed by atoms with van der Waals surface area (Å²) in [7, 11) is 1.55. The number of aromatic amines is 1. The van der Waals surface area contributed by atoms with Crippen molar-refractivity contribution in [2.24, 2.45) is 5.92 Å². The molecule has 2 amide bonds. The third-order valence-electron chi connectivity index (χ3n) is 7.74. The Morgan fingerprint density at radius 2 is 2.00 bits per heavy atom. The van der Waals surface area contributed by atoms with Gasteiger partial charge >= 0.3 is 0 Å². The van der Waals surface area contributed by atoms with Crippen LogP contribution in [0.4, 0.5) is 10.1 Å². The third kappa shape index (κ3) is 6.42. The lowest BCUT2D eigenvalue weighted by Gasteiger charge is -2.22. The fraction of sp³-hybridized carbons (Fsp3) is 0.281. The zero-order valence-electron chi connectivity index (χ0n) is 24.5. The number of benzene rings is 2. The van der Waals surface area contributed by atoms with E-state index in [9.17, 15) is 18.8 Å². The molecule has 0 unspecified atom stereocenters. The molecule has 2 atom stereocenters. The van der Waals surface area contributed by atoms with Crippen LogP contribution in [0.3, 0.4) is 0 Å². The number of carbonyl (C=O) groups excluding carboxylic acids is 2. The molecule has 1 aliphatic rings. The Labute approximate surface area is 258 Å². The van der Waals surface area contributed by atoms with Crippen LogP contribution in [-0.4, -0.2) is 38.9 Å². The van der Waals surface area contributed by atoms with Crippen LogP contribution in [0.2, 0.25) is 5.02 Å². The third-order valence-corrected chi connectivity index (χ3v) is 8.03. The van der Waals surface area contributed by atoms with E-state index in [4.69, 9.17) is 16.3 Å². The summed E-state index contributed by atoms with van der Waals surface area (Å²) in [6.45, 7) is 7.34. The molecule has 0 spiro atoms. The first-order valence-electron chi connectivity index (χ1n) is 14.1. The Hall–Kier alpha value is -4.77. The summed E-state index contributed by atoms with van der Waals surface area (Å²) in [4.78, 5) is 42.5. The molecule has 44 heavy (non-hydrogen) atoms.